The number of carbonyl (C=O) groups excluding carboxylic acids is 1. The largest absolute Gasteiger partial charge is 0.417 e. The summed E-state index contributed by atoms with van der Waals surface area (Å²) < 4.78 is 39.7. The summed E-state index contributed by atoms with van der Waals surface area (Å²) in [7, 11) is 0. The SMILES string of the molecule is Cl.O=C(N[C@@H](c1cccnc1)[C@@H]1CC[C@H]2CCCCN21)c1cccc(C(F)(F)F)c1Cl. The third-order valence-electron chi connectivity index (χ3n) is 6.16. The van der Waals surface area contributed by atoms with Crippen LogP contribution >= 0.6 is 24.0 Å². The summed E-state index contributed by atoms with van der Waals surface area (Å²) in [5.41, 5.74) is -0.342. The van der Waals surface area contributed by atoms with Crippen LogP contribution in [0.3, 0.4) is 0 Å². The van der Waals surface area contributed by atoms with E-state index in [9.17, 15) is 18.0 Å². The number of nitrogens with zero attached hydrogens (tertiary/aromatic N) is 2. The molecule has 1 amide bonds. The predicted octanol–water partition coefficient (Wildman–Crippen LogP) is 5.66. The van der Waals surface area contributed by atoms with Crippen molar-refractivity contribution in [1.82, 2.24) is 15.2 Å². The van der Waals surface area contributed by atoms with E-state index in [4.69, 9.17) is 11.6 Å². The second-order valence-electron chi connectivity index (χ2n) is 7.93. The van der Waals surface area contributed by atoms with Crippen LogP contribution in [0.2, 0.25) is 5.02 Å². The third-order valence-corrected chi connectivity index (χ3v) is 6.57. The molecule has 2 aliphatic rings. The van der Waals surface area contributed by atoms with Crippen LogP contribution in [-0.2, 0) is 6.18 Å². The summed E-state index contributed by atoms with van der Waals surface area (Å²) in [5.74, 6) is -0.611. The van der Waals surface area contributed by atoms with Gasteiger partial charge in [0.1, 0.15) is 0 Å². The molecular weight excluding hydrogens is 450 g/mol. The van der Waals surface area contributed by atoms with E-state index in [1.807, 2.05) is 6.07 Å². The van der Waals surface area contributed by atoms with Gasteiger partial charge in [0.15, 0.2) is 0 Å². The lowest BCUT2D eigenvalue weighted by atomic mass is 9.97. The average molecular weight is 474 g/mol. The predicted molar refractivity (Wildman–Crippen MR) is 116 cm³/mol. The van der Waals surface area contributed by atoms with Crippen molar-refractivity contribution in [3.05, 3.63) is 64.4 Å². The number of rotatable bonds is 4. The number of nitrogens with one attached hydrogen (secondary N) is 1. The molecular formula is C22H24Cl2F3N3O. The molecule has 1 aromatic heterocycles. The lowest BCUT2D eigenvalue weighted by Crippen LogP contribution is -2.47. The number of benzene rings is 1. The van der Waals surface area contributed by atoms with Gasteiger partial charge >= 0.3 is 6.18 Å². The Morgan fingerprint density at radius 3 is 2.68 bits per heavy atom. The minimum Gasteiger partial charge on any atom is -0.344 e. The minimum absolute atomic E-state index is 0. The molecule has 0 aliphatic carbocycles. The maximum Gasteiger partial charge on any atom is 0.417 e. The molecule has 0 saturated carbocycles. The molecule has 0 radical (unpaired) electrons. The number of halogens is 5. The van der Waals surface area contributed by atoms with E-state index in [0.717, 1.165) is 43.9 Å². The Morgan fingerprint density at radius 1 is 1.16 bits per heavy atom. The van der Waals surface area contributed by atoms with Crippen molar-refractivity contribution in [1.29, 1.82) is 0 Å². The molecule has 4 nitrogen and oxygen atoms in total. The van der Waals surface area contributed by atoms with Crippen molar-refractivity contribution in [2.75, 3.05) is 6.54 Å². The number of hydrogen-bond acceptors (Lipinski definition) is 3. The Labute approximate surface area is 190 Å². The van der Waals surface area contributed by atoms with Gasteiger partial charge in [-0.15, -0.1) is 12.4 Å². The molecule has 4 rings (SSSR count). The summed E-state index contributed by atoms with van der Waals surface area (Å²) in [5, 5.41) is 2.40. The molecule has 168 valence electrons. The second-order valence-corrected chi connectivity index (χ2v) is 8.31. The Balaban J connectivity index is 0.00000272. The highest BCUT2D eigenvalue weighted by Crippen LogP contribution is 2.39. The zero-order chi connectivity index (χ0) is 21.3. The van der Waals surface area contributed by atoms with E-state index in [-0.39, 0.29) is 30.1 Å². The first-order valence-corrected chi connectivity index (χ1v) is 10.6. The zero-order valence-electron chi connectivity index (χ0n) is 16.7. The number of amides is 1. The second kappa shape index (κ2) is 9.76. The van der Waals surface area contributed by atoms with Crippen molar-refractivity contribution in [2.24, 2.45) is 0 Å². The maximum absolute atomic E-state index is 13.2. The minimum atomic E-state index is -4.62. The van der Waals surface area contributed by atoms with Crippen LogP contribution in [0.1, 0.15) is 59.6 Å². The van der Waals surface area contributed by atoms with Gasteiger partial charge in [0.2, 0.25) is 0 Å². The third kappa shape index (κ3) is 4.99. The highest BCUT2D eigenvalue weighted by Gasteiger charge is 2.41. The Bertz CT molecular complexity index is 911. The van der Waals surface area contributed by atoms with E-state index in [1.165, 1.54) is 18.6 Å². The topological polar surface area (TPSA) is 45.2 Å². The lowest BCUT2D eigenvalue weighted by molar-refractivity contribution is -0.137. The van der Waals surface area contributed by atoms with E-state index in [0.29, 0.717) is 6.04 Å². The summed E-state index contributed by atoms with van der Waals surface area (Å²) in [6, 6.07) is 7.30. The molecule has 0 spiro atoms. The van der Waals surface area contributed by atoms with Crippen LogP contribution in [-0.4, -0.2) is 34.4 Å². The smallest absolute Gasteiger partial charge is 0.344 e. The first-order chi connectivity index (χ1) is 14.4. The molecule has 0 unspecified atom stereocenters. The van der Waals surface area contributed by atoms with Gasteiger partial charge in [-0.25, -0.2) is 0 Å². The summed E-state index contributed by atoms with van der Waals surface area (Å²) in [6.07, 6.45) is 4.17. The van der Waals surface area contributed by atoms with Crippen LogP contribution in [0.4, 0.5) is 13.2 Å². The Kier molecular flexibility index (Phi) is 7.50. The molecule has 1 N–H and O–H groups in total. The van der Waals surface area contributed by atoms with Gasteiger partial charge in [0.25, 0.3) is 5.91 Å². The van der Waals surface area contributed by atoms with Gasteiger partial charge in [-0.2, -0.15) is 13.2 Å². The number of carbonyl (C=O) groups is 1. The number of fused-ring (bicyclic) bond motifs is 1. The van der Waals surface area contributed by atoms with E-state index in [1.54, 1.807) is 18.5 Å². The van der Waals surface area contributed by atoms with Crippen molar-refractivity contribution in [3.63, 3.8) is 0 Å². The van der Waals surface area contributed by atoms with E-state index < -0.39 is 22.7 Å². The number of piperidine rings is 1. The molecule has 2 aromatic rings. The molecule has 3 atom stereocenters. The Morgan fingerprint density at radius 2 is 1.97 bits per heavy atom. The van der Waals surface area contributed by atoms with Crippen molar-refractivity contribution in [3.8, 4) is 0 Å². The van der Waals surface area contributed by atoms with Crippen molar-refractivity contribution < 1.29 is 18.0 Å². The van der Waals surface area contributed by atoms with Crippen LogP contribution in [0.15, 0.2) is 42.7 Å². The highest BCUT2D eigenvalue weighted by molar-refractivity contribution is 6.34. The molecule has 2 saturated heterocycles. The fraction of sp³-hybridized carbons (Fsp3) is 0.455. The molecule has 2 fully saturated rings. The molecule has 3 heterocycles. The number of pyridine rings is 1. The number of hydrogen-bond donors (Lipinski definition) is 1. The van der Waals surface area contributed by atoms with Crippen LogP contribution in [0.5, 0.6) is 0 Å². The normalized spacial score (nSPS) is 22.3. The molecule has 1 aromatic carbocycles. The summed E-state index contributed by atoms with van der Waals surface area (Å²) in [4.78, 5) is 19.7. The maximum atomic E-state index is 13.2. The van der Waals surface area contributed by atoms with Gasteiger partial charge in [-0.05, 0) is 56.0 Å². The van der Waals surface area contributed by atoms with E-state index in [2.05, 4.69) is 15.2 Å². The molecule has 2 aliphatic heterocycles. The van der Waals surface area contributed by atoms with Crippen LogP contribution in [0, 0.1) is 0 Å². The van der Waals surface area contributed by atoms with Crippen LogP contribution < -0.4 is 5.32 Å². The van der Waals surface area contributed by atoms with Gasteiger partial charge in [0.05, 0.1) is 22.2 Å². The first kappa shape index (κ1) is 23.8. The van der Waals surface area contributed by atoms with E-state index >= 15 is 0 Å². The monoisotopic (exact) mass is 473 g/mol. The average Bonchev–Trinajstić information content (AvgIpc) is 3.15. The van der Waals surface area contributed by atoms with Crippen LogP contribution in [0.25, 0.3) is 0 Å². The summed E-state index contributed by atoms with van der Waals surface area (Å²) in [6.45, 7) is 0.965. The van der Waals surface area contributed by atoms with Gasteiger partial charge in [0, 0.05) is 24.5 Å². The number of aromatic nitrogens is 1. The van der Waals surface area contributed by atoms with Gasteiger partial charge < -0.3 is 5.32 Å². The molecule has 0 bridgehead atoms. The summed E-state index contributed by atoms with van der Waals surface area (Å²) >= 11 is 5.98. The fourth-order valence-corrected chi connectivity index (χ4v) is 5.08. The van der Waals surface area contributed by atoms with Crippen molar-refractivity contribution >= 4 is 29.9 Å². The highest BCUT2D eigenvalue weighted by atomic mass is 35.5. The zero-order valence-corrected chi connectivity index (χ0v) is 18.3. The molecule has 31 heavy (non-hydrogen) atoms. The quantitative estimate of drug-likeness (QED) is 0.622. The Hall–Kier alpha value is -1.83. The number of alkyl halides is 3. The fourth-order valence-electron chi connectivity index (χ4n) is 4.76. The van der Waals surface area contributed by atoms with Crippen molar-refractivity contribution in [2.45, 2.75) is 56.4 Å². The molecule has 9 heteroatoms. The standard InChI is InChI=1S/C22H23ClF3N3O.ClH/c23-19-16(7-3-8-17(19)22(24,25)26)21(30)28-20(14-5-4-11-27-13-14)18-10-9-15-6-1-2-12-29(15)18;/h3-5,7-8,11,13,15,18,20H,1-2,6,9-10,12H2,(H,28,30);1H/t15-,18+,20+;/m1./s1. The lowest BCUT2D eigenvalue weighted by Gasteiger charge is -2.38. The van der Waals surface area contributed by atoms with Gasteiger partial charge in [-0.3, -0.25) is 14.7 Å². The van der Waals surface area contributed by atoms with Gasteiger partial charge in [-0.1, -0.05) is 30.2 Å². The first-order valence-electron chi connectivity index (χ1n) is 10.2.